The summed E-state index contributed by atoms with van der Waals surface area (Å²) in [5.74, 6) is 1.24. The van der Waals surface area contributed by atoms with Gasteiger partial charge in [-0.05, 0) is 47.9 Å². The second-order valence-electron chi connectivity index (χ2n) is 7.42. The molecule has 0 bridgehead atoms. The Kier molecular flexibility index (Phi) is 8.28. The number of hydrogen-bond donors (Lipinski definition) is 3. The molecule has 0 aliphatic rings. The third-order valence-electron chi connectivity index (χ3n) is 5.17. The number of rotatable bonds is 10. The van der Waals surface area contributed by atoms with E-state index >= 15 is 0 Å². The van der Waals surface area contributed by atoms with Gasteiger partial charge in [-0.25, -0.2) is 0 Å². The van der Waals surface area contributed by atoms with Gasteiger partial charge in [0.25, 0.3) is 5.91 Å². The molecule has 9 nitrogen and oxygen atoms in total. The van der Waals surface area contributed by atoms with Crippen LogP contribution in [0.4, 0.5) is 11.4 Å². The minimum atomic E-state index is -0.279. The lowest BCUT2D eigenvalue weighted by molar-refractivity contribution is -0.121. The molecule has 0 saturated heterocycles. The highest BCUT2D eigenvalue weighted by Crippen LogP contribution is 2.38. The third kappa shape index (κ3) is 6.16. The van der Waals surface area contributed by atoms with Crippen molar-refractivity contribution in [2.45, 2.75) is 19.4 Å². The van der Waals surface area contributed by atoms with E-state index in [1.807, 2.05) is 12.1 Å². The zero-order valence-corrected chi connectivity index (χ0v) is 19.4. The Morgan fingerprint density at radius 1 is 0.941 bits per heavy atom. The molecule has 3 rings (SSSR count). The summed E-state index contributed by atoms with van der Waals surface area (Å²) >= 11 is 0. The van der Waals surface area contributed by atoms with Crippen LogP contribution in [0.1, 0.15) is 27.9 Å². The molecule has 178 valence electrons. The van der Waals surface area contributed by atoms with Crippen molar-refractivity contribution in [2.75, 3.05) is 32.4 Å². The molecule has 1 heterocycles. The van der Waals surface area contributed by atoms with Crippen molar-refractivity contribution >= 4 is 23.2 Å². The highest BCUT2D eigenvalue weighted by atomic mass is 16.5. The number of aromatic nitrogens is 1. The van der Waals surface area contributed by atoms with E-state index < -0.39 is 0 Å². The first kappa shape index (κ1) is 24.4. The van der Waals surface area contributed by atoms with Gasteiger partial charge in [0.05, 0.1) is 38.9 Å². The van der Waals surface area contributed by atoms with Crippen molar-refractivity contribution in [3.63, 3.8) is 0 Å². The number of aryl methyl sites for hydroxylation is 1. The lowest BCUT2D eigenvalue weighted by Crippen LogP contribution is -2.23. The Morgan fingerprint density at radius 2 is 1.62 bits per heavy atom. The molecule has 0 radical (unpaired) electrons. The van der Waals surface area contributed by atoms with E-state index in [0.29, 0.717) is 53.6 Å². The number of pyridine rings is 1. The fourth-order valence-electron chi connectivity index (χ4n) is 3.32. The number of carbonyl (C=O) groups is 2. The number of hydrogen-bond acceptors (Lipinski definition) is 7. The molecule has 2 aromatic carbocycles. The fourth-order valence-corrected chi connectivity index (χ4v) is 3.32. The first-order chi connectivity index (χ1) is 16.4. The summed E-state index contributed by atoms with van der Waals surface area (Å²) < 4.78 is 16.0. The van der Waals surface area contributed by atoms with Gasteiger partial charge in [0.15, 0.2) is 11.5 Å². The fraction of sp³-hybridized carbons (Fsp3) is 0.240. The number of methoxy groups -OCH3 is 3. The molecule has 0 fully saturated rings. The largest absolute Gasteiger partial charge is 0.493 e. The van der Waals surface area contributed by atoms with Crippen molar-refractivity contribution in [1.82, 2.24) is 10.3 Å². The number of ether oxygens (including phenoxy) is 3. The van der Waals surface area contributed by atoms with Crippen molar-refractivity contribution < 1.29 is 23.8 Å². The Hall–Kier alpha value is -4.27. The molecular formula is C25H28N4O5. The first-order valence-corrected chi connectivity index (χ1v) is 10.6. The van der Waals surface area contributed by atoms with Crippen LogP contribution in [-0.4, -0.2) is 38.1 Å². The number of nitrogens with zero attached hydrogens (tertiary/aromatic N) is 1. The lowest BCUT2D eigenvalue weighted by atomic mass is 10.1. The number of nitrogens with two attached hydrogens (primary N) is 1. The molecular weight excluding hydrogens is 436 g/mol. The van der Waals surface area contributed by atoms with Crippen LogP contribution in [0.25, 0.3) is 0 Å². The van der Waals surface area contributed by atoms with E-state index in [4.69, 9.17) is 19.9 Å². The summed E-state index contributed by atoms with van der Waals surface area (Å²) in [5.41, 5.74) is 8.96. The second-order valence-corrected chi connectivity index (χ2v) is 7.42. The number of carbonyl (C=O) groups excluding carboxylic acids is 2. The lowest BCUT2D eigenvalue weighted by Gasteiger charge is -2.14. The van der Waals surface area contributed by atoms with Crippen molar-refractivity contribution in [2.24, 2.45) is 0 Å². The van der Waals surface area contributed by atoms with Crippen molar-refractivity contribution in [1.29, 1.82) is 0 Å². The molecule has 0 saturated carbocycles. The topological polar surface area (TPSA) is 125 Å². The van der Waals surface area contributed by atoms with Gasteiger partial charge in [0.1, 0.15) is 0 Å². The molecule has 3 aromatic rings. The van der Waals surface area contributed by atoms with Gasteiger partial charge in [0.2, 0.25) is 11.7 Å². The molecule has 0 aliphatic heterocycles. The maximum Gasteiger partial charge on any atom is 0.255 e. The van der Waals surface area contributed by atoms with Crippen LogP contribution in [-0.2, 0) is 17.8 Å². The maximum atomic E-state index is 12.4. The van der Waals surface area contributed by atoms with E-state index in [2.05, 4.69) is 15.6 Å². The normalized spacial score (nSPS) is 10.3. The quantitative estimate of drug-likeness (QED) is 0.421. The molecule has 4 N–H and O–H groups in total. The van der Waals surface area contributed by atoms with Crippen LogP contribution in [0.2, 0.25) is 0 Å². The second kappa shape index (κ2) is 11.6. The Labute approximate surface area is 198 Å². The zero-order valence-electron chi connectivity index (χ0n) is 19.4. The van der Waals surface area contributed by atoms with Gasteiger partial charge >= 0.3 is 0 Å². The molecule has 9 heteroatoms. The predicted octanol–water partition coefficient (Wildman–Crippen LogP) is 3.19. The summed E-state index contributed by atoms with van der Waals surface area (Å²) in [4.78, 5) is 28.7. The standard InChI is InChI=1S/C25H28N4O5/c1-32-21-12-17(13-22(33-2)24(21)34-3)6-9-23(30)28-14-16-4-7-18(8-5-16)25(31)29-20-10-11-27-15-19(20)26/h4-5,7-8,10-13,15H,6,9,14,26H2,1-3H3,(H,28,30)(H,27,29,31). The van der Waals surface area contributed by atoms with E-state index in [9.17, 15) is 9.59 Å². The monoisotopic (exact) mass is 464 g/mol. The van der Waals surface area contributed by atoms with Gasteiger partial charge in [-0.2, -0.15) is 0 Å². The van der Waals surface area contributed by atoms with Crippen LogP contribution < -0.4 is 30.6 Å². The average molecular weight is 465 g/mol. The minimum Gasteiger partial charge on any atom is -0.493 e. The molecule has 0 aliphatic carbocycles. The van der Waals surface area contributed by atoms with Crippen molar-refractivity contribution in [3.8, 4) is 17.2 Å². The van der Waals surface area contributed by atoms with E-state index in [0.717, 1.165) is 11.1 Å². The summed E-state index contributed by atoms with van der Waals surface area (Å²) in [6.07, 6.45) is 3.84. The highest BCUT2D eigenvalue weighted by Gasteiger charge is 2.14. The van der Waals surface area contributed by atoms with Gasteiger partial charge in [-0.3, -0.25) is 14.6 Å². The number of amides is 2. The molecule has 34 heavy (non-hydrogen) atoms. The molecule has 0 atom stereocenters. The van der Waals surface area contributed by atoms with E-state index in [1.165, 1.54) is 6.20 Å². The van der Waals surface area contributed by atoms with Gasteiger partial charge in [0, 0.05) is 24.7 Å². The third-order valence-corrected chi connectivity index (χ3v) is 5.17. The van der Waals surface area contributed by atoms with Crippen LogP contribution >= 0.6 is 0 Å². The molecule has 0 spiro atoms. The highest BCUT2D eigenvalue weighted by molar-refractivity contribution is 6.05. The molecule has 2 amide bonds. The summed E-state index contributed by atoms with van der Waals surface area (Å²) in [7, 11) is 4.65. The number of anilines is 2. The van der Waals surface area contributed by atoms with Crippen LogP contribution in [0.3, 0.4) is 0 Å². The smallest absolute Gasteiger partial charge is 0.255 e. The average Bonchev–Trinajstić information content (AvgIpc) is 2.87. The molecule has 0 unspecified atom stereocenters. The first-order valence-electron chi connectivity index (χ1n) is 10.6. The van der Waals surface area contributed by atoms with Crippen LogP contribution in [0.5, 0.6) is 17.2 Å². The summed E-state index contributed by atoms with van der Waals surface area (Å²) in [6, 6.07) is 12.3. The van der Waals surface area contributed by atoms with E-state index in [-0.39, 0.29) is 11.8 Å². The Bertz CT molecular complexity index is 1120. The Balaban J connectivity index is 1.51. The number of benzene rings is 2. The summed E-state index contributed by atoms with van der Waals surface area (Å²) in [6.45, 7) is 0.354. The van der Waals surface area contributed by atoms with E-state index in [1.54, 1.807) is 57.9 Å². The van der Waals surface area contributed by atoms with Gasteiger partial charge in [-0.1, -0.05) is 12.1 Å². The van der Waals surface area contributed by atoms with Crippen LogP contribution in [0, 0.1) is 0 Å². The zero-order chi connectivity index (χ0) is 24.5. The van der Waals surface area contributed by atoms with Crippen LogP contribution in [0.15, 0.2) is 54.9 Å². The molecule has 1 aromatic heterocycles. The number of nitrogen functional groups attached to an aromatic ring is 1. The summed E-state index contributed by atoms with van der Waals surface area (Å²) in [5, 5.41) is 5.65. The van der Waals surface area contributed by atoms with Gasteiger partial charge in [-0.15, -0.1) is 0 Å². The SMILES string of the molecule is COc1cc(CCC(=O)NCc2ccc(C(=O)Nc3ccncc3N)cc2)cc(OC)c1OC. The Morgan fingerprint density at radius 3 is 2.21 bits per heavy atom. The van der Waals surface area contributed by atoms with Gasteiger partial charge < -0.3 is 30.6 Å². The number of nitrogens with one attached hydrogen (secondary N) is 2. The van der Waals surface area contributed by atoms with Crippen molar-refractivity contribution in [3.05, 3.63) is 71.5 Å². The predicted molar refractivity (Wildman–Crippen MR) is 129 cm³/mol. The minimum absolute atomic E-state index is 0.0938. The maximum absolute atomic E-state index is 12.4.